The van der Waals surface area contributed by atoms with Crippen LogP contribution in [0.3, 0.4) is 0 Å². The minimum Gasteiger partial charge on any atom is -0.494 e. The standard InChI is InChI=1S/C27H35N3O5.BrH/c1-6-34-19-9-10-20-18(12-19)15-30(26(20)29)16-22(31)17-13-21(27(2,3)4)25(33-5)23(14-17)35-11-7-8-24(28)32;/h9-10,12-14,29H,6-8,11,15-16H2,1-5H3,(H2,28,32);1H. The highest BCUT2D eigenvalue weighted by molar-refractivity contribution is 8.93. The van der Waals surface area contributed by atoms with E-state index in [2.05, 4.69) is 0 Å². The molecule has 2 aromatic carbocycles. The molecule has 0 fully saturated rings. The molecule has 0 atom stereocenters. The van der Waals surface area contributed by atoms with E-state index in [1.54, 1.807) is 18.1 Å². The van der Waals surface area contributed by atoms with Crippen molar-refractivity contribution in [3.8, 4) is 17.2 Å². The molecule has 0 unspecified atom stereocenters. The van der Waals surface area contributed by atoms with E-state index in [4.69, 9.17) is 25.4 Å². The summed E-state index contributed by atoms with van der Waals surface area (Å²) in [6, 6.07) is 9.18. The van der Waals surface area contributed by atoms with Crippen LogP contribution in [0.2, 0.25) is 0 Å². The summed E-state index contributed by atoms with van der Waals surface area (Å²) in [7, 11) is 1.57. The number of amidine groups is 1. The lowest BCUT2D eigenvalue weighted by molar-refractivity contribution is -0.118. The molecule has 2 aromatic rings. The number of fused-ring (bicyclic) bond motifs is 1. The molecule has 0 bridgehead atoms. The van der Waals surface area contributed by atoms with Crippen molar-refractivity contribution in [1.82, 2.24) is 4.90 Å². The molecule has 8 nitrogen and oxygen atoms in total. The summed E-state index contributed by atoms with van der Waals surface area (Å²) in [4.78, 5) is 26.2. The summed E-state index contributed by atoms with van der Waals surface area (Å²) in [5, 5.41) is 8.56. The summed E-state index contributed by atoms with van der Waals surface area (Å²) in [5.74, 6) is 1.59. The Morgan fingerprint density at radius 1 is 1.14 bits per heavy atom. The zero-order valence-electron chi connectivity index (χ0n) is 21.6. The van der Waals surface area contributed by atoms with E-state index in [1.807, 2.05) is 52.0 Å². The van der Waals surface area contributed by atoms with E-state index in [0.29, 0.717) is 42.5 Å². The minimum atomic E-state index is -0.387. The zero-order valence-corrected chi connectivity index (χ0v) is 23.3. The Balaban J connectivity index is 0.00000456. The van der Waals surface area contributed by atoms with Gasteiger partial charge in [-0.05, 0) is 54.7 Å². The van der Waals surface area contributed by atoms with Crippen molar-refractivity contribution in [1.29, 1.82) is 5.41 Å². The Kier molecular flexibility index (Phi) is 9.93. The number of halogens is 1. The van der Waals surface area contributed by atoms with Crippen molar-refractivity contribution in [2.75, 3.05) is 26.9 Å². The van der Waals surface area contributed by atoms with E-state index in [1.165, 1.54) is 0 Å². The maximum absolute atomic E-state index is 13.4. The predicted molar refractivity (Wildman–Crippen MR) is 145 cm³/mol. The molecule has 0 radical (unpaired) electrons. The molecular formula is C27H36BrN3O5. The first-order valence-corrected chi connectivity index (χ1v) is 11.8. The van der Waals surface area contributed by atoms with Crippen LogP contribution in [0.25, 0.3) is 0 Å². The van der Waals surface area contributed by atoms with Crippen molar-refractivity contribution < 1.29 is 23.8 Å². The smallest absolute Gasteiger partial charge is 0.217 e. The Hall–Kier alpha value is -3.07. The third-order valence-electron chi connectivity index (χ3n) is 5.87. The van der Waals surface area contributed by atoms with Crippen molar-refractivity contribution in [2.24, 2.45) is 5.73 Å². The van der Waals surface area contributed by atoms with E-state index >= 15 is 0 Å². The topological polar surface area (TPSA) is 115 Å². The molecule has 196 valence electrons. The largest absolute Gasteiger partial charge is 0.494 e. The molecule has 0 spiro atoms. The molecule has 1 amide bonds. The van der Waals surface area contributed by atoms with E-state index in [0.717, 1.165) is 22.4 Å². The van der Waals surface area contributed by atoms with Gasteiger partial charge in [-0.2, -0.15) is 0 Å². The molecular weight excluding hydrogens is 526 g/mol. The number of rotatable bonds is 11. The van der Waals surface area contributed by atoms with Crippen LogP contribution >= 0.6 is 17.0 Å². The number of hydrogen-bond donors (Lipinski definition) is 2. The fourth-order valence-corrected chi connectivity index (χ4v) is 4.11. The molecule has 0 saturated carbocycles. The molecule has 3 rings (SSSR count). The average molecular weight is 563 g/mol. The van der Waals surface area contributed by atoms with Crippen molar-refractivity contribution in [2.45, 2.75) is 52.5 Å². The normalized spacial score (nSPS) is 12.6. The van der Waals surface area contributed by atoms with Crippen LogP contribution in [0, 0.1) is 5.41 Å². The van der Waals surface area contributed by atoms with E-state index in [9.17, 15) is 9.59 Å². The number of nitrogens with one attached hydrogen (secondary N) is 1. The number of ketones is 1. The van der Waals surface area contributed by atoms with Gasteiger partial charge in [0.1, 0.15) is 11.6 Å². The lowest BCUT2D eigenvalue weighted by atomic mass is 9.84. The van der Waals surface area contributed by atoms with Gasteiger partial charge in [0, 0.05) is 29.7 Å². The first-order chi connectivity index (χ1) is 16.5. The number of carbonyl (C=O) groups excluding carboxylic acids is 2. The highest BCUT2D eigenvalue weighted by atomic mass is 79.9. The van der Waals surface area contributed by atoms with Crippen LogP contribution < -0.4 is 19.9 Å². The molecule has 1 aliphatic heterocycles. The zero-order chi connectivity index (χ0) is 25.8. The summed E-state index contributed by atoms with van der Waals surface area (Å²) in [6.45, 7) is 9.43. The first kappa shape index (κ1) is 29.2. The van der Waals surface area contributed by atoms with Crippen molar-refractivity contribution >= 4 is 34.5 Å². The van der Waals surface area contributed by atoms with Gasteiger partial charge in [-0.25, -0.2) is 0 Å². The summed E-state index contributed by atoms with van der Waals surface area (Å²) in [6.07, 6.45) is 0.685. The van der Waals surface area contributed by atoms with Crippen LogP contribution in [0.5, 0.6) is 17.2 Å². The fraction of sp³-hybridized carbons (Fsp3) is 0.444. The molecule has 1 aliphatic rings. The summed E-state index contributed by atoms with van der Waals surface area (Å²) >= 11 is 0. The van der Waals surface area contributed by atoms with Gasteiger partial charge in [-0.15, -0.1) is 17.0 Å². The number of benzene rings is 2. The summed E-state index contributed by atoms with van der Waals surface area (Å²) < 4.78 is 17.2. The average Bonchev–Trinajstić information content (AvgIpc) is 3.10. The first-order valence-electron chi connectivity index (χ1n) is 11.8. The lowest BCUT2D eigenvalue weighted by Gasteiger charge is -2.25. The van der Waals surface area contributed by atoms with Gasteiger partial charge in [0.25, 0.3) is 0 Å². The predicted octanol–water partition coefficient (Wildman–Crippen LogP) is 4.64. The number of methoxy groups -OCH3 is 1. The second kappa shape index (κ2) is 12.3. The van der Waals surface area contributed by atoms with Crippen LogP contribution in [0.4, 0.5) is 0 Å². The van der Waals surface area contributed by atoms with Gasteiger partial charge in [0.2, 0.25) is 5.91 Å². The Labute approximate surface area is 223 Å². The SMILES string of the molecule is Br.CCOc1ccc2c(c1)CN(CC(=O)c1cc(OCCCC(N)=O)c(OC)c(C(C)(C)C)c1)C2=N. The second-order valence-corrected chi connectivity index (χ2v) is 9.60. The van der Waals surface area contributed by atoms with Crippen LogP contribution in [0.15, 0.2) is 30.3 Å². The monoisotopic (exact) mass is 561 g/mol. The molecule has 0 aliphatic carbocycles. The third kappa shape index (κ3) is 6.78. The quantitative estimate of drug-likeness (QED) is 0.305. The summed E-state index contributed by atoms with van der Waals surface area (Å²) in [5.41, 5.74) is 8.03. The molecule has 36 heavy (non-hydrogen) atoms. The molecule has 3 N–H and O–H groups in total. The van der Waals surface area contributed by atoms with E-state index in [-0.39, 0.29) is 53.7 Å². The second-order valence-electron chi connectivity index (χ2n) is 9.60. The number of nitrogens with zero attached hydrogens (tertiary/aromatic N) is 1. The van der Waals surface area contributed by atoms with Gasteiger partial charge < -0.3 is 24.8 Å². The van der Waals surface area contributed by atoms with Gasteiger partial charge in [0.05, 0.1) is 26.9 Å². The van der Waals surface area contributed by atoms with E-state index < -0.39 is 0 Å². The number of Topliss-reactive ketones (excluding diaryl/α,β-unsaturated/α-hetero) is 1. The van der Waals surface area contributed by atoms with Crippen LogP contribution in [-0.4, -0.2) is 49.3 Å². The highest BCUT2D eigenvalue weighted by Gasteiger charge is 2.29. The molecule has 0 aromatic heterocycles. The Morgan fingerprint density at radius 2 is 1.86 bits per heavy atom. The Morgan fingerprint density at radius 3 is 2.47 bits per heavy atom. The molecule has 1 heterocycles. The maximum atomic E-state index is 13.4. The number of primary amides is 1. The van der Waals surface area contributed by atoms with Gasteiger partial charge in [-0.1, -0.05) is 20.8 Å². The lowest BCUT2D eigenvalue weighted by Crippen LogP contribution is -2.30. The van der Waals surface area contributed by atoms with Crippen LogP contribution in [0.1, 0.15) is 67.6 Å². The third-order valence-corrected chi connectivity index (χ3v) is 5.87. The molecule has 9 heteroatoms. The van der Waals surface area contributed by atoms with Crippen molar-refractivity contribution in [3.63, 3.8) is 0 Å². The van der Waals surface area contributed by atoms with Crippen molar-refractivity contribution in [3.05, 3.63) is 52.6 Å². The number of ether oxygens (including phenoxy) is 3. The van der Waals surface area contributed by atoms with Crippen LogP contribution in [-0.2, 0) is 16.8 Å². The maximum Gasteiger partial charge on any atom is 0.217 e. The molecule has 0 saturated heterocycles. The highest BCUT2D eigenvalue weighted by Crippen LogP contribution is 2.40. The van der Waals surface area contributed by atoms with Gasteiger partial charge >= 0.3 is 0 Å². The number of carbonyl (C=O) groups is 2. The number of nitrogens with two attached hydrogens (primary N) is 1. The van der Waals surface area contributed by atoms with Gasteiger partial charge in [-0.3, -0.25) is 15.0 Å². The minimum absolute atomic E-state index is 0. The van der Waals surface area contributed by atoms with Gasteiger partial charge in [0.15, 0.2) is 17.3 Å². The Bertz CT molecular complexity index is 1130. The number of hydrogen-bond acceptors (Lipinski definition) is 6. The fourth-order valence-electron chi connectivity index (χ4n) is 4.11. The number of amides is 1.